The number of allylic oxidation sites excluding steroid dienone is 2. The van der Waals surface area contributed by atoms with E-state index in [0.29, 0.717) is 0 Å². The summed E-state index contributed by atoms with van der Waals surface area (Å²) in [6.45, 7) is 3.00. The smallest absolute Gasteiger partial charge is 0.140 e. The Morgan fingerprint density at radius 3 is 2.43 bits per heavy atom. The summed E-state index contributed by atoms with van der Waals surface area (Å²) in [6, 6.07) is 7.70. The van der Waals surface area contributed by atoms with Gasteiger partial charge in [0.2, 0.25) is 0 Å². The third-order valence-electron chi connectivity index (χ3n) is 4.32. The van der Waals surface area contributed by atoms with Crippen LogP contribution in [0, 0.1) is 11.8 Å². The number of hydrogen-bond donors (Lipinski definition) is 0. The molecule has 1 aliphatic carbocycles. The van der Waals surface area contributed by atoms with E-state index in [9.17, 15) is 9.59 Å². The third kappa shape index (κ3) is 2.33. The molecule has 0 spiro atoms. The summed E-state index contributed by atoms with van der Waals surface area (Å²) >= 11 is 0. The maximum Gasteiger partial charge on any atom is 0.140 e. The van der Waals surface area contributed by atoms with Crippen LogP contribution in [0.3, 0.4) is 0 Å². The highest BCUT2D eigenvalue weighted by molar-refractivity contribution is 6.01. The van der Waals surface area contributed by atoms with Gasteiger partial charge in [0.1, 0.15) is 23.4 Å². The zero-order chi connectivity index (χ0) is 15.0. The molecule has 0 aromatic heterocycles. The average molecular weight is 282 g/mol. The number of Topliss-reactive ketones (excluding diaryl/α,β-unsaturated/α-hetero) is 2. The van der Waals surface area contributed by atoms with Gasteiger partial charge in [-0.15, -0.1) is 0 Å². The summed E-state index contributed by atoms with van der Waals surface area (Å²) in [5, 5.41) is 0. The van der Waals surface area contributed by atoms with E-state index < -0.39 is 5.92 Å². The Balaban J connectivity index is 2.14. The van der Waals surface area contributed by atoms with Crippen LogP contribution in [0.15, 0.2) is 48.6 Å². The average Bonchev–Trinajstić information content (AvgIpc) is 2.46. The largest absolute Gasteiger partial charge is 0.485 e. The van der Waals surface area contributed by atoms with Crippen molar-refractivity contribution < 1.29 is 14.3 Å². The van der Waals surface area contributed by atoms with Gasteiger partial charge < -0.3 is 4.74 Å². The van der Waals surface area contributed by atoms with Crippen molar-refractivity contribution in [2.24, 2.45) is 11.8 Å². The molecule has 0 amide bonds. The fourth-order valence-corrected chi connectivity index (χ4v) is 3.46. The molecular weight excluding hydrogens is 264 g/mol. The van der Waals surface area contributed by atoms with E-state index in [4.69, 9.17) is 4.74 Å². The molecule has 0 N–H and O–H groups in total. The van der Waals surface area contributed by atoms with Crippen LogP contribution in [0.5, 0.6) is 5.75 Å². The van der Waals surface area contributed by atoms with E-state index >= 15 is 0 Å². The Morgan fingerprint density at radius 1 is 1.05 bits per heavy atom. The molecule has 0 saturated heterocycles. The standard InChI is InChI=1S/C18H18O3/c1-11(19)17(12(2)20)18-13-7-3-5-9-15(13)21-16-10-6-4-8-14(16)18/h3-10,13,15,17-18H,1-2H3/t13-,15-,18+/m0/s1. The number of fused-ring (bicyclic) bond motifs is 2. The molecular formula is C18H18O3. The van der Waals surface area contributed by atoms with Gasteiger partial charge in [0.25, 0.3) is 0 Å². The van der Waals surface area contributed by atoms with Gasteiger partial charge in [-0.3, -0.25) is 9.59 Å². The van der Waals surface area contributed by atoms with Crippen molar-refractivity contribution in [3.05, 3.63) is 54.1 Å². The number of rotatable bonds is 3. The van der Waals surface area contributed by atoms with Crippen LogP contribution in [0.1, 0.15) is 25.3 Å². The molecule has 0 unspecified atom stereocenters. The summed E-state index contributed by atoms with van der Waals surface area (Å²) < 4.78 is 6.02. The first-order valence-electron chi connectivity index (χ1n) is 7.21. The number of benzene rings is 1. The fraction of sp³-hybridized carbons (Fsp3) is 0.333. The quantitative estimate of drug-likeness (QED) is 0.800. The van der Waals surface area contributed by atoms with Gasteiger partial charge in [-0.1, -0.05) is 36.4 Å². The molecule has 0 radical (unpaired) electrons. The number of carbonyl (C=O) groups is 2. The van der Waals surface area contributed by atoms with Crippen molar-refractivity contribution in [1.29, 1.82) is 0 Å². The van der Waals surface area contributed by atoms with Crippen molar-refractivity contribution in [3.8, 4) is 5.75 Å². The maximum absolute atomic E-state index is 12.1. The molecule has 0 bridgehead atoms. The normalized spacial score (nSPS) is 26.0. The molecule has 0 saturated carbocycles. The summed E-state index contributed by atoms with van der Waals surface area (Å²) in [4.78, 5) is 24.1. The first-order valence-corrected chi connectivity index (χ1v) is 7.21. The topological polar surface area (TPSA) is 43.4 Å². The van der Waals surface area contributed by atoms with Crippen LogP contribution in [0.25, 0.3) is 0 Å². The first-order chi connectivity index (χ1) is 10.1. The first kappa shape index (κ1) is 13.8. The van der Waals surface area contributed by atoms with Gasteiger partial charge in [0, 0.05) is 11.8 Å². The van der Waals surface area contributed by atoms with Crippen molar-refractivity contribution >= 4 is 11.6 Å². The predicted octanol–water partition coefficient (Wildman–Crippen LogP) is 3.07. The highest BCUT2D eigenvalue weighted by Crippen LogP contribution is 2.46. The van der Waals surface area contributed by atoms with Crippen molar-refractivity contribution in [3.63, 3.8) is 0 Å². The molecule has 1 aromatic carbocycles. The van der Waals surface area contributed by atoms with Crippen molar-refractivity contribution in [1.82, 2.24) is 0 Å². The van der Waals surface area contributed by atoms with Gasteiger partial charge in [-0.2, -0.15) is 0 Å². The molecule has 21 heavy (non-hydrogen) atoms. The lowest BCUT2D eigenvalue weighted by Crippen LogP contribution is -2.41. The van der Waals surface area contributed by atoms with Crippen LogP contribution < -0.4 is 4.74 Å². The lowest BCUT2D eigenvalue weighted by Gasteiger charge is -2.40. The summed E-state index contributed by atoms with van der Waals surface area (Å²) in [5.41, 5.74) is 0.953. The summed E-state index contributed by atoms with van der Waals surface area (Å²) in [6.07, 6.45) is 7.83. The zero-order valence-corrected chi connectivity index (χ0v) is 12.2. The van der Waals surface area contributed by atoms with E-state index in [-0.39, 0.29) is 29.5 Å². The Morgan fingerprint density at radius 2 is 1.71 bits per heavy atom. The van der Waals surface area contributed by atoms with Gasteiger partial charge in [-0.05, 0) is 31.6 Å². The minimum atomic E-state index is -0.612. The molecule has 1 aromatic rings. The molecule has 3 nitrogen and oxygen atoms in total. The van der Waals surface area contributed by atoms with Gasteiger partial charge in [0.15, 0.2) is 0 Å². The molecule has 3 heteroatoms. The molecule has 108 valence electrons. The lowest BCUT2D eigenvalue weighted by atomic mass is 9.69. The van der Waals surface area contributed by atoms with Crippen LogP contribution in [-0.4, -0.2) is 17.7 Å². The molecule has 1 heterocycles. The van der Waals surface area contributed by atoms with Crippen molar-refractivity contribution in [2.45, 2.75) is 25.9 Å². The van der Waals surface area contributed by atoms with Crippen LogP contribution in [0.4, 0.5) is 0 Å². The number of para-hydroxylation sites is 1. The number of ether oxygens (including phenoxy) is 1. The molecule has 0 fully saturated rings. The number of ketones is 2. The molecule has 3 atom stereocenters. The highest BCUT2D eigenvalue weighted by atomic mass is 16.5. The Labute approximate surface area is 124 Å². The van der Waals surface area contributed by atoms with E-state index in [2.05, 4.69) is 0 Å². The van der Waals surface area contributed by atoms with E-state index in [0.717, 1.165) is 11.3 Å². The Bertz CT molecular complexity index is 628. The van der Waals surface area contributed by atoms with Crippen LogP contribution >= 0.6 is 0 Å². The van der Waals surface area contributed by atoms with Gasteiger partial charge >= 0.3 is 0 Å². The predicted molar refractivity (Wildman–Crippen MR) is 80.2 cm³/mol. The molecule has 1 aliphatic heterocycles. The second kappa shape index (κ2) is 5.32. The second-order valence-electron chi connectivity index (χ2n) is 5.69. The lowest BCUT2D eigenvalue weighted by molar-refractivity contribution is -0.132. The fourth-order valence-electron chi connectivity index (χ4n) is 3.46. The Kier molecular flexibility index (Phi) is 3.50. The molecule has 3 rings (SSSR count). The monoisotopic (exact) mass is 282 g/mol. The number of carbonyl (C=O) groups excluding carboxylic acids is 2. The minimum absolute atomic E-state index is 0.0164. The van der Waals surface area contributed by atoms with E-state index in [1.807, 2.05) is 48.6 Å². The van der Waals surface area contributed by atoms with E-state index in [1.54, 1.807) is 0 Å². The van der Waals surface area contributed by atoms with Gasteiger partial charge in [-0.25, -0.2) is 0 Å². The Hall–Kier alpha value is -2.16. The minimum Gasteiger partial charge on any atom is -0.485 e. The zero-order valence-electron chi connectivity index (χ0n) is 12.2. The highest BCUT2D eigenvalue weighted by Gasteiger charge is 2.43. The third-order valence-corrected chi connectivity index (χ3v) is 4.32. The number of hydrogen-bond acceptors (Lipinski definition) is 3. The summed E-state index contributed by atoms with van der Waals surface area (Å²) in [5.74, 6) is -0.134. The van der Waals surface area contributed by atoms with Crippen molar-refractivity contribution in [2.75, 3.05) is 0 Å². The second-order valence-corrected chi connectivity index (χ2v) is 5.69. The van der Waals surface area contributed by atoms with Crippen LogP contribution in [-0.2, 0) is 9.59 Å². The summed E-state index contributed by atoms with van der Waals surface area (Å²) in [7, 11) is 0. The van der Waals surface area contributed by atoms with Gasteiger partial charge in [0.05, 0.1) is 5.92 Å². The molecule has 2 aliphatic rings. The van der Waals surface area contributed by atoms with Crippen LogP contribution in [0.2, 0.25) is 0 Å². The maximum atomic E-state index is 12.1. The van der Waals surface area contributed by atoms with E-state index in [1.165, 1.54) is 13.8 Å². The SMILES string of the molecule is CC(=O)C(C(C)=O)[C@H]1c2ccccc2O[C@H]2C=CC=C[C@@H]21.